The van der Waals surface area contributed by atoms with Crippen LogP contribution < -0.4 is 4.90 Å². The van der Waals surface area contributed by atoms with Gasteiger partial charge < -0.3 is 9.80 Å². The van der Waals surface area contributed by atoms with Crippen LogP contribution in [0.25, 0.3) is 10.9 Å². The Morgan fingerprint density at radius 1 is 0.963 bits per heavy atom. The average Bonchev–Trinajstić information content (AvgIpc) is 2.72. The molecule has 1 aliphatic heterocycles. The summed E-state index contributed by atoms with van der Waals surface area (Å²) in [6, 6.07) is 18.7. The number of thioether (sulfide) groups is 1. The van der Waals surface area contributed by atoms with E-state index >= 15 is 0 Å². The number of rotatable bonds is 4. The molecule has 27 heavy (non-hydrogen) atoms. The number of hydrogen-bond donors (Lipinski definition) is 0. The van der Waals surface area contributed by atoms with E-state index in [1.165, 1.54) is 17.8 Å². The maximum Gasteiger partial charge on any atom is 0.233 e. The Bertz CT molecular complexity index is 957. The molecule has 2 aromatic carbocycles. The van der Waals surface area contributed by atoms with Gasteiger partial charge in [-0.1, -0.05) is 48.2 Å². The molecule has 1 aliphatic rings. The molecule has 0 spiro atoms. The number of piperazine rings is 1. The predicted octanol–water partition coefficient (Wildman–Crippen LogP) is 3.81. The van der Waals surface area contributed by atoms with Crippen molar-refractivity contribution in [2.75, 3.05) is 36.8 Å². The first-order chi connectivity index (χ1) is 13.2. The molecule has 0 N–H and O–H groups in total. The molecule has 2 heterocycles. The van der Waals surface area contributed by atoms with Gasteiger partial charge in [-0.15, -0.1) is 0 Å². The van der Waals surface area contributed by atoms with Crippen molar-refractivity contribution < 1.29 is 9.18 Å². The zero-order chi connectivity index (χ0) is 18.6. The number of para-hydroxylation sites is 2. The number of benzene rings is 2. The lowest BCUT2D eigenvalue weighted by Gasteiger charge is -2.36. The molecular weight excluding hydrogens is 361 g/mol. The SMILES string of the molecule is O=C(CSc1ccc2ccccc2n1)N1CCN(c2ccccc2F)CC1. The summed E-state index contributed by atoms with van der Waals surface area (Å²) in [6.07, 6.45) is 0. The Labute approximate surface area is 162 Å². The van der Waals surface area contributed by atoms with Crippen molar-refractivity contribution >= 4 is 34.3 Å². The van der Waals surface area contributed by atoms with Gasteiger partial charge in [-0.05, 0) is 24.3 Å². The fraction of sp³-hybridized carbons (Fsp3) is 0.238. The van der Waals surface area contributed by atoms with Crippen LogP contribution in [0, 0.1) is 5.82 Å². The van der Waals surface area contributed by atoms with Crippen LogP contribution in [0.1, 0.15) is 0 Å². The molecule has 1 aromatic heterocycles. The average molecular weight is 381 g/mol. The fourth-order valence-electron chi connectivity index (χ4n) is 3.26. The maximum absolute atomic E-state index is 13.9. The highest BCUT2D eigenvalue weighted by Crippen LogP contribution is 2.22. The Morgan fingerprint density at radius 3 is 2.52 bits per heavy atom. The summed E-state index contributed by atoms with van der Waals surface area (Å²) in [5, 5.41) is 1.95. The lowest BCUT2D eigenvalue weighted by molar-refractivity contribution is -0.128. The topological polar surface area (TPSA) is 36.4 Å². The molecule has 1 saturated heterocycles. The number of fused-ring (bicyclic) bond motifs is 1. The van der Waals surface area contributed by atoms with Crippen molar-refractivity contribution in [3.63, 3.8) is 0 Å². The molecule has 0 bridgehead atoms. The number of hydrogen-bond acceptors (Lipinski definition) is 4. The van der Waals surface area contributed by atoms with Crippen LogP contribution in [0.2, 0.25) is 0 Å². The van der Waals surface area contributed by atoms with Gasteiger partial charge in [0, 0.05) is 31.6 Å². The normalized spacial score (nSPS) is 14.6. The van der Waals surface area contributed by atoms with Gasteiger partial charge in [0.05, 0.1) is 22.0 Å². The largest absolute Gasteiger partial charge is 0.366 e. The van der Waals surface area contributed by atoms with Gasteiger partial charge in [0.15, 0.2) is 0 Å². The van der Waals surface area contributed by atoms with E-state index in [1.807, 2.05) is 52.3 Å². The summed E-state index contributed by atoms with van der Waals surface area (Å²) in [6.45, 7) is 2.51. The van der Waals surface area contributed by atoms with E-state index in [-0.39, 0.29) is 11.7 Å². The zero-order valence-electron chi connectivity index (χ0n) is 14.8. The van der Waals surface area contributed by atoms with Crippen molar-refractivity contribution in [3.8, 4) is 0 Å². The Kier molecular flexibility index (Phi) is 5.25. The minimum absolute atomic E-state index is 0.100. The van der Waals surface area contributed by atoms with Crippen molar-refractivity contribution in [2.45, 2.75) is 5.03 Å². The summed E-state index contributed by atoms with van der Waals surface area (Å²) in [4.78, 5) is 21.0. The van der Waals surface area contributed by atoms with Crippen LogP contribution in [0.3, 0.4) is 0 Å². The number of aromatic nitrogens is 1. The van der Waals surface area contributed by atoms with Crippen LogP contribution in [0.4, 0.5) is 10.1 Å². The van der Waals surface area contributed by atoms with Crippen molar-refractivity contribution in [1.29, 1.82) is 0 Å². The smallest absolute Gasteiger partial charge is 0.233 e. The molecule has 4 rings (SSSR count). The third-order valence-electron chi connectivity index (χ3n) is 4.74. The molecule has 0 unspecified atom stereocenters. The highest BCUT2D eigenvalue weighted by Gasteiger charge is 2.22. The Morgan fingerprint density at radius 2 is 1.70 bits per heavy atom. The van der Waals surface area contributed by atoms with E-state index in [0.29, 0.717) is 37.6 Å². The monoisotopic (exact) mass is 381 g/mol. The van der Waals surface area contributed by atoms with E-state index in [9.17, 15) is 9.18 Å². The van der Waals surface area contributed by atoms with Crippen LogP contribution in [0.15, 0.2) is 65.7 Å². The second kappa shape index (κ2) is 7.96. The van der Waals surface area contributed by atoms with Crippen LogP contribution in [0.5, 0.6) is 0 Å². The highest BCUT2D eigenvalue weighted by molar-refractivity contribution is 7.99. The van der Waals surface area contributed by atoms with Gasteiger partial charge in [0.25, 0.3) is 0 Å². The van der Waals surface area contributed by atoms with Crippen molar-refractivity contribution in [1.82, 2.24) is 9.88 Å². The van der Waals surface area contributed by atoms with E-state index in [4.69, 9.17) is 0 Å². The highest BCUT2D eigenvalue weighted by atomic mass is 32.2. The summed E-state index contributed by atoms with van der Waals surface area (Å²) in [7, 11) is 0. The first-order valence-corrected chi connectivity index (χ1v) is 9.95. The predicted molar refractivity (Wildman–Crippen MR) is 108 cm³/mol. The molecule has 0 atom stereocenters. The summed E-state index contributed by atoms with van der Waals surface area (Å²) < 4.78 is 13.9. The number of carbonyl (C=O) groups is 1. The maximum atomic E-state index is 13.9. The van der Waals surface area contributed by atoms with Gasteiger partial charge in [-0.2, -0.15) is 0 Å². The van der Waals surface area contributed by atoms with E-state index in [1.54, 1.807) is 12.1 Å². The molecule has 6 heteroatoms. The third-order valence-corrected chi connectivity index (χ3v) is 5.66. The second-order valence-corrected chi connectivity index (χ2v) is 7.45. The number of anilines is 1. The van der Waals surface area contributed by atoms with E-state index < -0.39 is 0 Å². The Balaban J connectivity index is 1.32. The van der Waals surface area contributed by atoms with Crippen LogP contribution >= 0.6 is 11.8 Å². The van der Waals surface area contributed by atoms with Gasteiger partial charge in [0.2, 0.25) is 5.91 Å². The number of carbonyl (C=O) groups excluding carboxylic acids is 1. The minimum atomic E-state index is -0.213. The first kappa shape index (κ1) is 17.8. The fourth-order valence-corrected chi connectivity index (χ4v) is 4.04. The first-order valence-electron chi connectivity index (χ1n) is 8.96. The molecular formula is C21H20FN3OS. The quantitative estimate of drug-likeness (QED) is 0.644. The Hall–Kier alpha value is -2.60. The molecule has 4 nitrogen and oxygen atoms in total. The molecule has 0 radical (unpaired) electrons. The van der Waals surface area contributed by atoms with E-state index in [0.717, 1.165) is 15.9 Å². The summed E-state index contributed by atoms with van der Waals surface area (Å²) in [5.74, 6) is 0.253. The molecule has 1 amide bonds. The van der Waals surface area contributed by atoms with Crippen LogP contribution in [-0.2, 0) is 4.79 Å². The molecule has 1 fully saturated rings. The van der Waals surface area contributed by atoms with Crippen molar-refractivity contribution in [2.24, 2.45) is 0 Å². The molecule has 138 valence electrons. The van der Waals surface area contributed by atoms with Gasteiger partial charge in [0.1, 0.15) is 5.82 Å². The van der Waals surface area contributed by atoms with Gasteiger partial charge >= 0.3 is 0 Å². The van der Waals surface area contributed by atoms with Gasteiger partial charge in [-0.3, -0.25) is 4.79 Å². The standard InChI is InChI=1S/C21H20FN3OS/c22-17-6-2-4-8-19(17)24-11-13-25(14-12-24)21(26)15-27-20-10-9-16-5-1-3-7-18(16)23-20/h1-10H,11-15H2. The number of nitrogens with zero attached hydrogens (tertiary/aromatic N) is 3. The molecule has 0 saturated carbocycles. The third kappa shape index (κ3) is 4.06. The minimum Gasteiger partial charge on any atom is -0.366 e. The lowest BCUT2D eigenvalue weighted by Crippen LogP contribution is -2.49. The van der Waals surface area contributed by atoms with Crippen LogP contribution in [-0.4, -0.2) is 47.7 Å². The van der Waals surface area contributed by atoms with Crippen molar-refractivity contribution in [3.05, 3.63) is 66.5 Å². The molecule has 0 aliphatic carbocycles. The second-order valence-electron chi connectivity index (χ2n) is 6.45. The summed E-state index contributed by atoms with van der Waals surface area (Å²) in [5.41, 5.74) is 1.55. The number of amides is 1. The summed E-state index contributed by atoms with van der Waals surface area (Å²) >= 11 is 1.46. The zero-order valence-corrected chi connectivity index (χ0v) is 15.7. The van der Waals surface area contributed by atoms with E-state index in [2.05, 4.69) is 4.98 Å². The molecule has 3 aromatic rings. The number of halogens is 1. The van der Waals surface area contributed by atoms with Gasteiger partial charge in [-0.25, -0.2) is 9.37 Å². The lowest BCUT2D eigenvalue weighted by atomic mass is 10.2. The number of pyridine rings is 1.